The molecule has 2 N–H and O–H groups in total. The maximum Gasteiger partial charge on any atom is 0.306 e. The van der Waals surface area contributed by atoms with E-state index >= 15 is 0 Å². The smallest absolute Gasteiger partial charge is 0.306 e. The lowest BCUT2D eigenvalue weighted by molar-refractivity contribution is -0.143. The number of carboxylic acids is 1. The predicted molar refractivity (Wildman–Crippen MR) is 213 cm³/mol. The third-order valence-corrected chi connectivity index (χ3v) is 13.4. The van der Waals surface area contributed by atoms with Crippen LogP contribution in [0.25, 0.3) is 0 Å². The maximum atomic E-state index is 13.7. The van der Waals surface area contributed by atoms with Gasteiger partial charge in [0.15, 0.2) is 0 Å². The molecule has 0 aromatic heterocycles. The quantitative estimate of drug-likeness (QED) is 0.259. The minimum atomic E-state index is -0.734. The molecule has 2 saturated heterocycles. The second-order valence-electron chi connectivity index (χ2n) is 18.8. The summed E-state index contributed by atoms with van der Waals surface area (Å²) in [6, 6.07) is 9.00. The molecule has 2 fully saturated rings. The van der Waals surface area contributed by atoms with Crippen LogP contribution in [0.5, 0.6) is 11.5 Å². The van der Waals surface area contributed by atoms with E-state index in [4.69, 9.17) is 4.74 Å². The topological polar surface area (TPSA) is 90.3 Å². The van der Waals surface area contributed by atoms with Crippen molar-refractivity contribution in [1.29, 1.82) is 0 Å². The van der Waals surface area contributed by atoms with E-state index in [1.165, 1.54) is 16.0 Å². The molecule has 2 aromatic rings. The molecular formula is C42H64N2O5S2. The fourth-order valence-corrected chi connectivity index (χ4v) is 10.3. The maximum absolute atomic E-state index is 13.7. The number of rotatable bonds is 8. The van der Waals surface area contributed by atoms with Gasteiger partial charge in [-0.1, -0.05) is 83.1 Å². The number of piperidine rings is 2. The molecule has 9 heteroatoms. The highest BCUT2D eigenvalue weighted by Gasteiger charge is 2.41. The Labute approximate surface area is 316 Å². The number of carbonyl (C=O) groups excluding carboxylic acids is 1. The van der Waals surface area contributed by atoms with Crippen molar-refractivity contribution in [2.24, 2.45) is 5.92 Å². The molecule has 0 radical (unpaired) electrons. The minimum Gasteiger partial charge on any atom is -0.507 e. The Bertz CT molecular complexity index is 1510. The van der Waals surface area contributed by atoms with Gasteiger partial charge < -0.3 is 19.8 Å². The molecule has 0 bridgehead atoms. The molecule has 0 atom stereocenters. The summed E-state index contributed by atoms with van der Waals surface area (Å²) in [7, 11) is 1.77. The van der Waals surface area contributed by atoms with Crippen molar-refractivity contribution in [3.8, 4) is 11.5 Å². The van der Waals surface area contributed by atoms with E-state index in [0.717, 1.165) is 34.6 Å². The molecule has 0 saturated carbocycles. The van der Waals surface area contributed by atoms with E-state index < -0.39 is 5.97 Å². The van der Waals surface area contributed by atoms with Gasteiger partial charge in [-0.05, 0) is 84.7 Å². The highest BCUT2D eigenvalue weighted by atomic mass is 32.2. The second-order valence-corrected chi connectivity index (χ2v) is 22.0. The van der Waals surface area contributed by atoms with Crippen molar-refractivity contribution < 1.29 is 24.5 Å². The lowest BCUT2D eigenvalue weighted by Gasteiger charge is -2.42. The number of hydrogen-bond donors (Lipinski definition) is 2. The average molecular weight is 741 g/mol. The number of aliphatic carboxylic acids is 1. The molecule has 51 heavy (non-hydrogen) atoms. The van der Waals surface area contributed by atoms with Crippen LogP contribution in [-0.2, 0) is 31.2 Å². The monoisotopic (exact) mass is 740 g/mol. The molecule has 2 aliphatic rings. The van der Waals surface area contributed by atoms with Gasteiger partial charge in [0.2, 0.25) is 5.91 Å². The number of carbonyl (C=O) groups is 2. The first-order valence-electron chi connectivity index (χ1n) is 18.6. The molecule has 1 amide bonds. The molecule has 2 aliphatic heterocycles. The number of phenolic OH excluding ortho intramolecular Hbond substituents is 1. The number of amides is 1. The Morgan fingerprint density at radius 3 is 1.47 bits per heavy atom. The molecule has 2 heterocycles. The zero-order valence-electron chi connectivity index (χ0n) is 33.6. The van der Waals surface area contributed by atoms with Crippen molar-refractivity contribution in [2.45, 2.75) is 144 Å². The van der Waals surface area contributed by atoms with Gasteiger partial charge in [0, 0.05) is 45.1 Å². The Hall–Kier alpha value is -2.36. The summed E-state index contributed by atoms with van der Waals surface area (Å²) in [6.45, 7) is 29.3. The number of carboxylic acid groups (broad SMARTS) is 1. The van der Waals surface area contributed by atoms with Crippen molar-refractivity contribution in [3.63, 3.8) is 0 Å². The summed E-state index contributed by atoms with van der Waals surface area (Å²) in [5, 5.41) is 20.9. The highest BCUT2D eigenvalue weighted by Crippen LogP contribution is 2.55. The van der Waals surface area contributed by atoms with E-state index in [0.29, 0.717) is 51.3 Å². The van der Waals surface area contributed by atoms with E-state index in [1.54, 1.807) is 7.11 Å². The van der Waals surface area contributed by atoms with Gasteiger partial charge in [0.25, 0.3) is 0 Å². The summed E-state index contributed by atoms with van der Waals surface area (Å²) in [5.41, 5.74) is 3.54. The molecule has 0 aliphatic carbocycles. The number of methoxy groups -OCH3 is 1. The van der Waals surface area contributed by atoms with Crippen LogP contribution in [0.2, 0.25) is 0 Å². The SMILES string of the molecule is COc1c(C(C)(C)C)cc(SC2(Sc3cc(C(C)(C)C)c(O)c(C(C)(C)C)c3)CCN(C(=O)CN3CCC(C(=O)O)CC3)CC2)cc1C(C)(C)C. The first kappa shape index (κ1) is 41.4. The summed E-state index contributed by atoms with van der Waals surface area (Å²) in [4.78, 5) is 31.6. The Kier molecular flexibility index (Phi) is 12.3. The molecule has 4 rings (SSSR count). The second kappa shape index (κ2) is 15.2. The van der Waals surface area contributed by atoms with Gasteiger partial charge in [0.1, 0.15) is 11.5 Å². The van der Waals surface area contributed by atoms with Gasteiger partial charge in [-0.3, -0.25) is 14.5 Å². The first-order chi connectivity index (χ1) is 23.3. The fraction of sp³-hybridized carbons (Fsp3) is 0.667. The van der Waals surface area contributed by atoms with Crippen LogP contribution in [0.4, 0.5) is 0 Å². The number of phenols is 1. The predicted octanol–water partition coefficient (Wildman–Crippen LogP) is 9.59. The van der Waals surface area contributed by atoms with Gasteiger partial charge in [0.05, 0.1) is 23.7 Å². The van der Waals surface area contributed by atoms with Crippen molar-refractivity contribution in [1.82, 2.24) is 9.80 Å². The van der Waals surface area contributed by atoms with E-state index in [2.05, 4.69) is 112 Å². The van der Waals surface area contributed by atoms with Crippen molar-refractivity contribution >= 4 is 35.4 Å². The molecular weight excluding hydrogens is 677 g/mol. The lowest BCUT2D eigenvalue weighted by Crippen LogP contribution is -2.48. The zero-order chi connectivity index (χ0) is 38.3. The van der Waals surface area contributed by atoms with Gasteiger partial charge >= 0.3 is 5.97 Å². The van der Waals surface area contributed by atoms with E-state index in [-0.39, 0.29) is 37.6 Å². The van der Waals surface area contributed by atoms with Crippen LogP contribution < -0.4 is 4.74 Å². The third kappa shape index (κ3) is 10.00. The number of benzene rings is 2. The summed E-state index contributed by atoms with van der Waals surface area (Å²) < 4.78 is 5.83. The lowest BCUT2D eigenvalue weighted by atomic mass is 9.79. The minimum absolute atomic E-state index is 0.122. The third-order valence-electron chi connectivity index (χ3n) is 10.4. The largest absolute Gasteiger partial charge is 0.507 e. The summed E-state index contributed by atoms with van der Waals surface area (Å²) >= 11 is 3.79. The molecule has 0 spiro atoms. The van der Waals surface area contributed by atoms with Crippen LogP contribution in [0, 0.1) is 5.92 Å². The molecule has 2 aromatic carbocycles. The van der Waals surface area contributed by atoms with Gasteiger partial charge in [-0.15, -0.1) is 23.5 Å². The highest BCUT2D eigenvalue weighted by molar-refractivity contribution is 8.18. The summed E-state index contributed by atoms with van der Waals surface area (Å²) in [5.74, 6) is 0.415. The first-order valence-corrected chi connectivity index (χ1v) is 20.2. The van der Waals surface area contributed by atoms with Crippen LogP contribution in [0.1, 0.15) is 131 Å². The van der Waals surface area contributed by atoms with Gasteiger partial charge in [-0.25, -0.2) is 0 Å². The van der Waals surface area contributed by atoms with Gasteiger partial charge in [-0.2, -0.15) is 0 Å². The Balaban J connectivity index is 1.74. The van der Waals surface area contributed by atoms with Crippen LogP contribution in [0.3, 0.4) is 0 Å². The van der Waals surface area contributed by atoms with Crippen LogP contribution in [0.15, 0.2) is 34.1 Å². The molecule has 284 valence electrons. The number of thioether (sulfide) groups is 2. The Morgan fingerprint density at radius 1 is 0.725 bits per heavy atom. The normalized spacial score (nSPS) is 18.2. The Morgan fingerprint density at radius 2 is 1.12 bits per heavy atom. The van der Waals surface area contributed by atoms with E-state index in [9.17, 15) is 19.8 Å². The molecule has 7 nitrogen and oxygen atoms in total. The number of ether oxygens (including phenoxy) is 1. The summed E-state index contributed by atoms with van der Waals surface area (Å²) in [6.07, 6.45) is 2.78. The zero-order valence-corrected chi connectivity index (χ0v) is 35.2. The molecule has 0 unspecified atom stereocenters. The number of aromatic hydroxyl groups is 1. The van der Waals surface area contributed by atoms with Crippen molar-refractivity contribution in [2.75, 3.05) is 39.8 Å². The number of likely N-dealkylation sites (tertiary alicyclic amines) is 2. The van der Waals surface area contributed by atoms with Crippen LogP contribution >= 0.6 is 23.5 Å². The standard InChI is InChI=1S/C42H64N2O5S2/c1-38(2,3)30-22-28(23-31(35(30)46)39(4,5)6)50-42(51-29-24-32(40(7,8)9)36(49-13)33(25-29)41(10,11)12)16-20-44(21-17-42)34(45)26-43-18-14-27(15-19-43)37(47)48/h22-25,27,46H,14-21,26H2,1-13H3,(H,47,48). The van der Waals surface area contributed by atoms with Crippen molar-refractivity contribution in [3.05, 3.63) is 46.5 Å². The number of hydrogen-bond acceptors (Lipinski definition) is 7. The van der Waals surface area contributed by atoms with Crippen LogP contribution in [-0.4, -0.2) is 75.8 Å². The number of nitrogens with zero attached hydrogens (tertiary/aromatic N) is 2. The fourth-order valence-electron chi connectivity index (χ4n) is 7.19. The average Bonchev–Trinajstić information content (AvgIpc) is 3.00. The van der Waals surface area contributed by atoms with E-state index in [1.807, 2.05) is 28.4 Å².